The minimum atomic E-state index is -4.78. The number of hydrogen-bond acceptors (Lipinski definition) is 2. The Morgan fingerprint density at radius 3 is 1.54 bits per heavy atom. The third-order valence-electron chi connectivity index (χ3n) is 3.27. The third kappa shape index (κ3) is 6.51. The summed E-state index contributed by atoms with van der Waals surface area (Å²) >= 11 is 0. The second-order valence-electron chi connectivity index (χ2n) is 5.55. The van der Waals surface area contributed by atoms with Gasteiger partial charge in [-0.15, -0.1) is 0 Å². The maximum Gasteiger partial charge on any atom is 0.454 e. The average Bonchev–Trinajstić information content (AvgIpc) is 2.54. The van der Waals surface area contributed by atoms with Crippen LogP contribution in [-0.2, 0) is 0 Å². The predicted octanol–water partition coefficient (Wildman–Crippen LogP) is 5.33. The summed E-state index contributed by atoms with van der Waals surface area (Å²) in [6.45, 7) is 3.51. The zero-order chi connectivity index (χ0) is 20.1. The Morgan fingerprint density at radius 2 is 1.19 bits per heavy atom. The van der Waals surface area contributed by atoms with Gasteiger partial charge in [-0.25, -0.2) is 0 Å². The number of halogens is 6. The van der Waals surface area contributed by atoms with Crippen LogP contribution in [0.25, 0.3) is 0 Å². The van der Waals surface area contributed by atoms with Crippen LogP contribution in [0.2, 0.25) is 0 Å². The summed E-state index contributed by atoms with van der Waals surface area (Å²) in [5.41, 5.74) is 1.23. The molecule has 0 spiro atoms. The second kappa shape index (κ2) is 8.35. The average molecular weight is 378 g/mol. The molecule has 2 rings (SSSR count). The predicted molar refractivity (Wildman–Crippen MR) is 83.8 cm³/mol. The molecule has 1 unspecified atom stereocenters. The van der Waals surface area contributed by atoms with E-state index in [0.717, 1.165) is 11.1 Å². The number of benzene rings is 2. The molecule has 0 aliphatic rings. The van der Waals surface area contributed by atoms with Crippen LogP contribution < -0.4 is 0 Å². The standard InChI is InChI=1S/C9H9F3O.C9H7F3O/c2*1-6-2-4-7(5-3-6)8(13)9(10,11)12/h2-5,8,13H,1H3;2-5H,1H3. The Hall–Kier alpha value is -2.35. The van der Waals surface area contributed by atoms with Crippen molar-refractivity contribution in [2.24, 2.45) is 0 Å². The number of carbonyl (C=O) groups is 1. The van der Waals surface area contributed by atoms with Gasteiger partial charge in [-0.3, -0.25) is 4.79 Å². The van der Waals surface area contributed by atoms with Gasteiger partial charge in [0.15, 0.2) is 6.10 Å². The molecule has 0 fully saturated rings. The van der Waals surface area contributed by atoms with Crippen molar-refractivity contribution in [1.82, 2.24) is 0 Å². The maximum atomic E-state index is 12.0. The molecule has 142 valence electrons. The largest absolute Gasteiger partial charge is 0.454 e. The van der Waals surface area contributed by atoms with Gasteiger partial charge < -0.3 is 5.11 Å². The van der Waals surface area contributed by atoms with Crippen LogP contribution in [0.1, 0.15) is 33.2 Å². The topological polar surface area (TPSA) is 37.3 Å². The Labute approximate surface area is 146 Å². The van der Waals surface area contributed by atoms with E-state index < -0.39 is 24.2 Å². The quantitative estimate of drug-likeness (QED) is 0.567. The normalized spacial score (nSPS) is 12.8. The SMILES string of the molecule is Cc1ccc(C(=O)C(F)(F)F)cc1.Cc1ccc(C(O)C(F)(F)F)cc1. The number of carbonyl (C=O) groups excluding carboxylic acids is 1. The fourth-order valence-corrected chi connectivity index (χ4v) is 1.81. The fraction of sp³-hybridized carbons (Fsp3) is 0.278. The molecule has 0 aliphatic heterocycles. The van der Waals surface area contributed by atoms with Crippen LogP contribution in [0, 0.1) is 13.8 Å². The van der Waals surface area contributed by atoms with Crippen molar-refractivity contribution in [3.8, 4) is 0 Å². The van der Waals surface area contributed by atoms with Crippen LogP contribution in [0.15, 0.2) is 48.5 Å². The summed E-state index contributed by atoms with van der Waals surface area (Å²) in [7, 11) is 0. The van der Waals surface area contributed by atoms with E-state index in [1.54, 1.807) is 13.8 Å². The lowest BCUT2D eigenvalue weighted by molar-refractivity contribution is -0.206. The van der Waals surface area contributed by atoms with E-state index in [2.05, 4.69) is 0 Å². The van der Waals surface area contributed by atoms with Crippen molar-refractivity contribution in [2.75, 3.05) is 0 Å². The summed E-state index contributed by atoms with van der Waals surface area (Å²) in [5, 5.41) is 8.82. The molecule has 1 N–H and O–H groups in total. The second-order valence-corrected chi connectivity index (χ2v) is 5.55. The third-order valence-corrected chi connectivity index (χ3v) is 3.27. The van der Waals surface area contributed by atoms with Crippen LogP contribution in [0.5, 0.6) is 0 Å². The van der Waals surface area contributed by atoms with Gasteiger partial charge in [-0.1, -0.05) is 59.7 Å². The summed E-state index contributed by atoms with van der Waals surface area (Å²) in [6, 6.07) is 10.9. The minimum Gasteiger partial charge on any atom is -0.379 e. The van der Waals surface area contributed by atoms with Crippen LogP contribution in [-0.4, -0.2) is 23.2 Å². The Balaban J connectivity index is 0.000000260. The first-order valence-electron chi connectivity index (χ1n) is 7.32. The lowest BCUT2D eigenvalue weighted by atomic mass is 10.1. The zero-order valence-corrected chi connectivity index (χ0v) is 13.8. The van der Waals surface area contributed by atoms with Crippen molar-refractivity contribution in [3.63, 3.8) is 0 Å². The molecule has 26 heavy (non-hydrogen) atoms. The number of aliphatic hydroxyl groups is 1. The number of aryl methyl sites for hydroxylation is 2. The summed E-state index contributed by atoms with van der Waals surface area (Å²) < 4.78 is 71.6. The van der Waals surface area contributed by atoms with Gasteiger partial charge in [0.05, 0.1) is 0 Å². The first kappa shape index (κ1) is 21.7. The number of rotatable bonds is 2. The summed E-state index contributed by atoms with van der Waals surface area (Å²) in [6.07, 6.45) is -11.8. The Bertz CT molecular complexity index is 715. The van der Waals surface area contributed by atoms with Gasteiger partial charge in [-0.2, -0.15) is 26.3 Å². The maximum absolute atomic E-state index is 12.0. The summed E-state index contributed by atoms with van der Waals surface area (Å²) in [5.74, 6) is -1.80. The van der Waals surface area contributed by atoms with Gasteiger partial charge in [0.25, 0.3) is 5.78 Å². The van der Waals surface area contributed by atoms with Gasteiger partial charge in [0.2, 0.25) is 0 Å². The molecule has 2 aromatic carbocycles. The van der Waals surface area contributed by atoms with Crippen molar-refractivity contribution in [1.29, 1.82) is 0 Å². The molecular formula is C18H16F6O2. The first-order valence-corrected chi connectivity index (χ1v) is 7.32. The first-order chi connectivity index (χ1) is 11.8. The fourth-order valence-electron chi connectivity index (χ4n) is 1.81. The zero-order valence-electron chi connectivity index (χ0n) is 13.8. The molecule has 2 nitrogen and oxygen atoms in total. The highest BCUT2D eigenvalue weighted by molar-refractivity contribution is 6.00. The molecule has 0 saturated heterocycles. The lowest BCUT2D eigenvalue weighted by Crippen LogP contribution is -2.22. The van der Waals surface area contributed by atoms with Crippen molar-refractivity contribution < 1.29 is 36.2 Å². The molecule has 0 saturated carbocycles. The molecule has 0 amide bonds. The van der Waals surface area contributed by atoms with E-state index >= 15 is 0 Å². The number of aliphatic hydroxyl groups excluding tert-OH is 1. The smallest absolute Gasteiger partial charge is 0.379 e. The monoisotopic (exact) mass is 378 g/mol. The number of ketones is 1. The molecule has 0 radical (unpaired) electrons. The molecule has 8 heteroatoms. The highest BCUT2D eigenvalue weighted by Gasteiger charge is 2.39. The highest BCUT2D eigenvalue weighted by Crippen LogP contribution is 2.32. The van der Waals surface area contributed by atoms with E-state index in [-0.39, 0.29) is 11.1 Å². The minimum absolute atomic E-state index is 0.127. The molecule has 0 bridgehead atoms. The number of hydrogen-bond donors (Lipinski definition) is 1. The van der Waals surface area contributed by atoms with Crippen molar-refractivity contribution in [2.45, 2.75) is 32.3 Å². The van der Waals surface area contributed by atoms with Crippen LogP contribution in [0.4, 0.5) is 26.3 Å². The lowest BCUT2D eigenvalue weighted by Gasteiger charge is -2.14. The van der Waals surface area contributed by atoms with Crippen molar-refractivity contribution in [3.05, 3.63) is 70.8 Å². The van der Waals surface area contributed by atoms with Gasteiger partial charge >= 0.3 is 12.4 Å². The molecule has 0 heterocycles. The van der Waals surface area contributed by atoms with E-state index in [9.17, 15) is 31.1 Å². The number of Topliss-reactive ketones (excluding diaryl/α,β-unsaturated/α-hetero) is 1. The molecule has 0 aromatic heterocycles. The molecule has 0 aliphatic carbocycles. The number of alkyl halides is 6. The summed E-state index contributed by atoms with van der Waals surface area (Å²) in [4.78, 5) is 10.7. The van der Waals surface area contributed by atoms with Gasteiger partial charge in [0.1, 0.15) is 0 Å². The Kier molecular flexibility index (Phi) is 6.97. The van der Waals surface area contributed by atoms with Gasteiger partial charge in [-0.05, 0) is 19.4 Å². The molecular weight excluding hydrogens is 362 g/mol. The van der Waals surface area contributed by atoms with E-state index in [0.29, 0.717) is 0 Å². The molecule has 1 atom stereocenters. The van der Waals surface area contributed by atoms with E-state index in [1.165, 1.54) is 48.5 Å². The van der Waals surface area contributed by atoms with E-state index in [1.807, 2.05) is 0 Å². The van der Waals surface area contributed by atoms with Crippen LogP contribution >= 0.6 is 0 Å². The van der Waals surface area contributed by atoms with Gasteiger partial charge in [0, 0.05) is 5.56 Å². The van der Waals surface area contributed by atoms with Crippen LogP contribution in [0.3, 0.4) is 0 Å². The highest BCUT2D eigenvalue weighted by atomic mass is 19.4. The molecule has 2 aromatic rings. The Morgan fingerprint density at radius 1 is 0.808 bits per heavy atom. The van der Waals surface area contributed by atoms with E-state index in [4.69, 9.17) is 5.11 Å². The van der Waals surface area contributed by atoms with Crippen molar-refractivity contribution >= 4 is 5.78 Å².